The van der Waals surface area contributed by atoms with Crippen molar-refractivity contribution in [3.8, 4) is 0 Å². The van der Waals surface area contributed by atoms with Crippen LogP contribution in [0.2, 0.25) is 0 Å². The number of aryl methyl sites for hydroxylation is 2. The predicted octanol–water partition coefficient (Wildman–Crippen LogP) is 2.06. The van der Waals surface area contributed by atoms with Gasteiger partial charge in [-0.1, -0.05) is 12.1 Å². The Morgan fingerprint density at radius 3 is 2.95 bits per heavy atom. The minimum Gasteiger partial charge on any atom is -0.451 e. The molecular formula is C16H18N2O3. The van der Waals surface area contributed by atoms with Crippen molar-refractivity contribution in [3.05, 3.63) is 35.1 Å². The molecule has 0 aliphatic carbocycles. The van der Waals surface area contributed by atoms with Gasteiger partial charge >= 0.3 is 0 Å². The summed E-state index contributed by atoms with van der Waals surface area (Å²) >= 11 is 0. The molecule has 0 spiro atoms. The zero-order chi connectivity index (χ0) is 15.0. The van der Waals surface area contributed by atoms with E-state index >= 15 is 0 Å². The number of furan rings is 1. The summed E-state index contributed by atoms with van der Waals surface area (Å²) in [7, 11) is 0. The van der Waals surface area contributed by atoms with Crippen molar-refractivity contribution in [1.29, 1.82) is 0 Å². The molecule has 1 fully saturated rings. The number of hydrogen-bond acceptors (Lipinski definition) is 3. The average molecular weight is 286 g/mol. The molecule has 0 saturated carbocycles. The van der Waals surface area contributed by atoms with Gasteiger partial charge in [0.2, 0.25) is 5.91 Å². The lowest BCUT2D eigenvalue weighted by Crippen LogP contribution is -2.50. The molecule has 3 rings (SSSR count). The van der Waals surface area contributed by atoms with Gasteiger partial charge in [0, 0.05) is 17.5 Å². The Hall–Kier alpha value is -2.30. The summed E-state index contributed by atoms with van der Waals surface area (Å²) in [6.45, 7) is 4.51. The number of fused-ring (bicyclic) bond motifs is 1. The van der Waals surface area contributed by atoms with E-state index in [1.165, 1.54) is 0 Å². The summed E-state index contributed by atoms with van der Waals surface area (Å²) in [4.78, 5) is 24.1. The van der Waals surface area contributed by atoms with E-state index in [2.05, 4.69) is 10.6 Å². The number of nitrogens with one attached hydrogen (secondary N) is 2. The van der Waals surface area contributed by atoms with Crippen LogP contribution in [0.1, 0.15) is 34.5 Å². The molecule has 1 aromatic heterocycles. The van der Waals surface area contributed by atoms with Crippen LogP contribution in [0.15, 0.2) is 22.6 Å². The highest BCUT2D eigenvalue weighted by Crippen LogP contribution is 2.26. The van der Waals surface area contributed by atoms with Crippen LogP contribution >= 0.6 is 0 Å². The highest BCUT2D eigenvalue weighted by atomic mass is 16.3. The van der Waals surface area contributed by atoms with E-state index in [9.17, 15) is 9.59 Å². The molecule has 21 heavy (non-hydrogen) atoms. The van der Waals surface area contributed by atoms with Crippen LogP contribution in [-0.2, 0) is 4.79 Å². The SMILES string of the molecule is Cc1ccc2c(C)c(C(=O)NC3CCCNC3=O)oc2c1. The molecule has 1 unspecified atom stereocenters. The van der Waals surface area contributed by atoms with Crippen LogP contribution in [0, 0.1) is 13.8 Å². The minimum atomic E-state index is -0.472. The van der Waals surface area contributed by atoms with Gasteiger partial charge in [0.1, 0.15) is 11.6 Å². The highest BCUT2D eigenvalue weighted by Gasteiger charge is 2.26. The second-order valence-corrected chi connectivity index (χ2v) is 5.52. The van der Waals surface area contributed by atoms with Gasteiger partial charge in [0.05, 0.1) is 0 Å². The summed E-state index contributed by atoms with van der Waals surface area (Å²) in [6.07, 6.45) is 1.53. The standard InChI is InChI=1S/C16H18N2O3/c1-9-5-6-11-10(2)14(21-13(11)8-9)16(20)18-12-4-3-7-17-15(12)19/h5-6,8,12H,3-4,7H2,1-2H3,(H,17,19)(H,18,20). The molecule has 1 atom stereocenters. The average Bonchev–Trinajstić information content (AvgIpc) is 2.78. The predicted molar refractivity (Wildman–Crippen MR) is 79.2 cm³/mol. The van der Waals surface area contributed by atoms with Crippen molar-refractivity contribution >= 4 is 22.8 Å². The van der Waals surface area contributed by atoms with Crippen LogP contribution in [-0.4, -0.2) is 24.4 Å². The van der Waals surface area contributed by atoms with Crippen molar-refractivity contribution in [2.45, 2.75) is 32.7 Å². The largest absolute Gasteiger partial charge is 0.451 e. The summed E-state index contributed by atoms with van der Waals surface area (Å²) < 4.78 is 5.67. The van der Waals surface area contributed by atoms with Crippen molar-refractivity contribution in [3.63, 3.8) is 0 Å². The first-order valence-corrected chi connectivity index (χ1v) is 7.14. The molecule has 110 valence electrons. The number of piperidine rings is 1. The molecule has 1 aromatic carbocycles. The Morgan fingerprint density at radius 1 is 1.38 bits per heavy atom. The molecule has 2 N–H and O–H groups in total. The number of amides is 2. The van der Waals surface area contributed by atoms with E-state index in [4.69, 9.17) is 4.42 Å². The van der Waals surface area contributed by atoms with E-state index in [1.807, 2.05) is 32.0 Å². The number of benzene rings is 1. The first kappa shape index (κ1) is 13.7. The Kier molecular flexibility index (Phi) is 3.41. The zero-order valence-electron chi connectivity index (χ0n) is 12.2. The van der Waals surface area contributed by atoms with Crippen LogP contribution < -0.4 is 10.6 Å². The molecule has 2 amide bonds. The lowest BCUT2D eigenvalue weighted by Gasteiger charge is -2.22. The van der Waals surface area contributed by atoms with Gasteiger partial charge in [-0.25, -0.2) is 0 Å². The Labute approximate surface area is 122 Å². The molecular weight excluding hydrogens is 268 g/mol. The summed E-state index contributed by atoms with van der Waals surface area (Å²) in [5, 5.41) is 6.44. The molecule has 1 aliphatic rings. The second-order valence-electron chi connectivity index (χ2n) is 5.52. The van der Waals surface area contributed by atoms with Crippen LogP contribution in [0.5, 0.6) is 0 Å². The smallest absolute Gasteiger partial charge is 0.287 e. The van der Waals surface area contributed by atoms with E-state index in [0.717, 1.165) is 22.9 Å². The molecule has 0 bridgehead atoms. The molecule has 5 heteroatoms. The zero-order valence-corrected chi connectivity index (χ0v) is 12.2. The van der Waals surface area contributed by atoms with E-state index in [1.54, 1.807) is 0 Å². The van der Waals surface area contributed by atoms with E-state index in [-0.39, 0.29) is 17.6 Å². The fraction of sp³-hybridized carbons (Fsp3) is 0.375. The maximum absolute atomic E-state index is 12.3. The third-order valence-electron chi connectivity index (χ3n) is 3.89. The Balaban J connectivity index is 1.87. The lowest BCUT2D eigenvalue weighted by atomic mass is 10.1. The molecule has 1 saturated heterocycles. The summed E-state index contributed by atoms with van der Waals surface area (Å²) in [6, 6.07) is 5.38. The van der Waals surface area contributed by atoms with Gasteiger partial charge in [-0.05, 0) is 38.3 Å². The number of carbonyl (C=O) groups excluding carboxylic acids is 2. The quantitative estimate of drug-likeness (QED) is 0.887. The fourth-order valence-corrected chi connectivity index (χ4v) is 2.68. The van der Waals surface area contributed by atoms with Crippen LogP contribution in [0.25, 0.3) is 11.0 Å². The second kappa shape index (κ2) is 5.24. The highest BCUT2D eigenvalue weighted by molar-refractivity contribution is 6.01. The van der Waals surface area contributed by atoms with Gasteiger partial charge in [-0.15, -0.1) is 0 Å². The number of rotatable bonds is 2. The van der Waals surface area contributed by atoms with Gasteiger partial charge < -0.3 is 15.1 Å². The van der Waals surface area contributed by atoms with Crippen molar-refractivity contribution in [1.82, 2.24) is 10.6 Å². The van der Waals surface area contributed by atoms with E-state index in [0.29, 0.717) is 18.5 Å². The molecule has 1 aliphatic heterocycles. The summed E-state index contributed by atoms with van der Waals surface area (Å²) in [5.41, 5.74) is 2.58. The first-order valence-electron chi connectivity index (χ1n) is 7.14. The van der Waals surface area contributed by atoms with Gasteiger partial charge in [-0.3, -0.25) is 9.59 Å². The lowest BCUT2D eigenvalue weighted by molar-refractivity contribution is -0.124. The topological polar surface area (TPSA) is 71.3 Å². The van der Waals surface area contributed by atoms with Crippen molar-refractivity contribution in [2.24, 2.45) is 0 Å². The van der Waals surface area contributed by atoms with Crippen molar-refractivity contribution < 1.29 is 14.0 Å². The normalized spacial score (nSPS) is 18.6. The number of hydrogen-bond donors (Lipinski definition) is 2. The van der Waals surface area contributed by atoms with Crippen molar-refractivity contribution in [2.75, 3.05) is 6.54 Å². The minimum absolute atomic E-state index is 0.126. The van der Waals surface area contributed by atoms with Gasteiger partial charge in [0.25, 0.3) is 5.91 Å². The third-order valence-corrected chi connectivity index (χ3v) is 3.89. The van der Waals surface area contributed by atoms with Crippen LogP contribution in [0.4, 0.5) is 0 Å². The molecule has 2 aromatic rings. The number of carbonyl (C=O) groups is 2. The van der Waals surface area contributed by atoms with Crippen LogP contribution in [0.3, 0.4) is 0 Å². The third kappa shape index (κ3) is 2.51. The Morgan fingerprint density at radius 2 is 2.19 bits per heavy atom. The monoisotopic (exact) mass is 286 g/mol. The fourth-order valence-electron chi connectivity index (χ4n) is 2.68. The summed E-state index contributed by atoms with van der Waals surface area (Å²) in [5.74, 6) is -0.170. The molecule has 2 heterocycles. The molecule has 0 radical (unpaired) electrons. The van der Waals surface area contributed by atoms with Gasteiger partial charge in [-0.2, -0.15) is 0 Å². The van der Waals surface area contributed by atoms with E-state index < -0.39 is 6.04 Å². The maximum Gasteiger partial charge on any atom is 0.287 e. The molecule has 5 nitrogen and oxygen atoms in total. The Bertz CT molecular complexity index is 718. The maximum atomic E-state index is 12.3. The van der Waals surface area contributed by atoms with Gasteiger partial charge in [0.15, 0.2) is 5.76 Å². The first-order chi connectivity index (χ1) is 10.1.